The normalized spacial score (nSPS) is 11.1. The summed E-state index contributed by atoms with van der Waals surface area (Å²) in [7, 11) is 1.94. The van der Waals surface area contributed by atoms with Crippen molar-refractivity contribution in [3.05, 3.63) is 28.6 Å². The Morgan fingerprint density at radius 1 is 1.59 bits per heavy atom. The van der Waals surface area contributed by atoms with Gasteiger partial charge in [0.1, 0.15) is 11.6 Å². The number of nitriles is 1. The minimum Gasteiger partial charge on any atom is -0.462 e. The molecule has 1 heterocycles. The molecule has 17 heavy (non-hydrogen) atoms. The standard InChI is InChI=1S/C13H16N2O2/c1-5-17-13(16)12(8-14)7-11-6-9(2)15(4)10(11)3/h6-7H,5H2,1-4H3/b12-7-. The molecule has 0 saturated carbocycles. The lowest BCUT2D eigenvalue weighted by molar-refractivity contribution is -0.137. The molecule has 0 aliphatic carbocycles. The molecule has 0 aliphatic rings. The SMILES string of the molecule is CCOC(=O)/C(C#N)=C\c1cc(C)n(C)c1C. The van der Waals surface area contributed by atoms with Crippen LogP contribution in [0.15, 0.2) is 11.6 Å². The van der Waals surface area contributed by atoms with Crippen LogP contribution in [0, 0.1) is 25.2 Å². The molecular weight excluding hydrogens is 216 g/mol. The Morgan fingerprint density at radius 3 is 2.65 bits per heavy atom. The fraction of sp³-hybridized carbons (Fsp3) is 0.385. The molecule has 4 nitrogen and oxygen atoms in total. The summed E-state index contributed by atoms with van der Waals surface area (Å²) in [6.45, 7) is 5.90. The molecule has 0 radical (unpaired) electrons. The van der Waals surface area contributed by atoms with Crippen LogP contribution in [0.4, 0.5) is 0 Å². The van der Waals surface area contributed by atoms with Gasteiger partial charge in [0.15, 0.2) is 0 Å². The van der Waals surface area contributed by atoms with Crippen molar-refractivity contribution < 1.29 is 9.53 Å². The summed E-state index contributed by atoms with van der Waals surface area (Å²) in [5, 5.41) is 8.93. The van der Waals surface area contributed by atoms with E-state index in [0.29, 0.717) is 0 Å². The fourth-order valence-electron chi connectivity index (χ4n) is 1.53. The van der Waals surface area contributed by atoms with E-state index in [2.05, 4.69) is 0 Å². The van der Waals surface area contributed by atoms with Gasteiger partial charge in [0.25, 0.3) is 0 Å². The summed E-state index contributed by atoms with van der Waals surface area (Å²) in [5.41, 5.74) is 2.99. The van der Waals surface area contributed by atoms with Crippen LogP contribution >= 0.6 is 0 Å². The van der Waals surface area contributed by atoms with Gasteiger partial charge in [-0.25, -0.2) is 4.79 Å². The second-order valence-electron chi connectivity index (χ2n) is 3.78. The van der Waals surface area contributed by atoms with Crippen molar-refractivity contribution in [3.8, 4) is 6.07 Å². The van der Waals surface area contributed by atoms with Gasteiger partial charge in [-0.2, -0.15) is 5.26 Å². The van der Waals surface area contributed by atoms with Crippen molar-refractivity contribution in [1.82, 2.24) is 4.57 Å². The van der Waals surface area contributed by atoms with Gasteiger partial charge in [-0.3, -0.25) is 0 Å². The topological polar surface area (TPSA) is 55.0 Å². The van der Waals surface area contributed by atoms with Gasteiger partial charge in [-0.1, -0.05) is 0 Å². The quantitative estimate of drug-likeness (QED) is 0.455. The van der Waals surface area contributed by atoms with Gasteiger partial charge in [0.2, 0.25) is 0 Å². The minimum atomic E-state index is -0.573. The molecular formula is C13H16N2O2. The Hall–Kier alpha value is -2.02. The predicted octanol–water partition coefficient (Wildman–Crippen LogP) is 2.11. The third-order valence-corrected chi connectivity index (χ3v) is 2.73. The van der Waals surface area contributed by atoms with Crippen molar-refractivity contribution in [2.75, 3.05) is 6.61 Å². The Balaban J connectivity index is 3.12. The smallest absolute Gasteiger partial charge is 0.348 e. The highest BCUT2D eigenvalue weighted by Gasteiger charge is 2.12. The zero-order chi connectivity index (χ0) is 13.0. The van der Waals surface area contributed by atoms with Crippen molar-refractivity contribution in [1.29, 1.82) is 5.26 Å². The third kappa shape index (κ3) is 2.76. The molecule has 0 saturated heterocycles. The lowest BCUT2D eigenvalue weighted by atomic mass is 10.1. The van der Waals surface area contributed by atoms with Crippen LogP contribution in [0.25, 0.3) is 6.08 Å². The maximum Gasteiger partial charge on any atom is 0.348 e. The molecule has 0 N–H and O–H groups in total. The average Bonchev–Trinajstić information content (AvgIpc) is 2.54. The van der Waals surface area contributed by atoms with Crippen molar-refractivity contribution in [2.45, 2.75) is 20.8 Å². The number of hydrogen-bond acceptors (Lipinski definition) is 3. The maximum atomic E-state index is 11.5. The molecule has 1 aromatic rings. The van der Waals surface area contributed by atoms with Gasteiger partial charge in [0.05, 0.1) is 6.61 Å². The summed E-state index contributed by atoms with van der Waals surface area (Å²) in [4.78, 5) is 11.5. The molecule has 1 rings (SSSR count). The van der Waals surface area contributed by atoms with E-state index in [9.17, 15) is 4.79 Å². The Kier molecular flexibility index (Phi) is 4.11. The van der Waals surface area contributed by atoms with Crippen molar-refractivity contribution in [2.24, 2.45) is 7.05 Å². The number of ether oxygens (including phenoxy) is 1. The molecule has 0 amide bonds. The van der Waals surface area contributed by atoms with E-state index in [1.54, 1.807) is 13.0 Å². The molecule has 4 heteroatoms. The number of aromatic nitrogens is 1. The zero-order valence-electron chi connectivity index (χ0n) is 10.6. The van der Waals surface area contributed by atoms with E-state index in [-0.39, 0.29) is 12.2 Å². The van der Waals surface area contributed by atoms with Gasteiger partial charge >= 0.3 is 5.97 Å². The first-order chi connectivity index (χ1) is 8.01. The van der Waals surface area contributed by atoms with E-state index in [1.165, 1.54) is 0 Å². The number of esters is 1. The summed E-state index contributed by atoms with van der Waals surface area (Å²) >= 11 is 0. The molecule has 1 aromatic heterocycles. The van der Waals surface area contributed by atoms with Gasteiger partial charge in [-0.15, -0.1) is 0 Å². The Bertz CT molecular complexity index is 504. The number of nitrogens with zero attached hydrogens (tertiary/aromatic N) is 2. The number of hydrogen-bond donors (Lipinski definition) is 0. The van der Waals surface area contributed by atoms with Gasteiger partial charge in [0, 0.05) is 18.4 Å². The molecule has 0 fully saturated rings. The highest BCUT2D eigenvalue weighted by Crippen LogP contribution is 2.17. The minimum absolute atomic E-state index is 0.0283. The molecule has 0 spiro atoms. The summed E-state index contributed by atoms with van der Waals surface area (Å²) in [6, 6.07) is 3.80. The number of carbonyl (C=O) groups excluding carboxylic acids is 1. The number of carbonyl (C=O) groups is 1. The molecule has 0 aliphatic heterocycles. The Labute approximate surface area is 101 Å². The first-order valence-electron chi connectivity index (χ1n) is 5.43. The summed E-state index contributed by atoms with van der Waals surface area (Å²) in [6.07, 6.45) is 1.57. The second-order valence-corrected chi connectivity index (χ2v) is 3.78. The molecule has 0 unspecified atom stereocenters. The maximum absolute atomic E-state index is 11.5. The number of aryl methyl sites for hydroxylation is 1. The van der Waals surface area contributed by atoms with Crippen LogP contribution in [0.5, 0.6) is 0 Å². The van der Waals surface area contributed by atoms with Crippen LogP contribution in [0.2, 0.25) is 0 Å². The molecule has 0 aromatic carbocycles. The zero-order valence-corrected chi connectivity index (χ0v) is 10.6. The number of rotatable bonds is 3. The lowest BCUT2D eigenvalue weighted by Crippen LogP contribution is -2.06. The van der Waals surface area contributed by atoms with E-state index in [4.69, 9.17) is 10.00 Å². The van der Waals surface area contributed by atoms with Crippen molar-refractivity contribution in [3.63, 3.8) is 0 Å². The average molecular weight is 232 g/mol. The first-order valence-corrected chi connectivity index (χ1v) is 5.43. The van der Waals surface area contributed by atoms with Crippen LogP contribution in [0.1, 0.15) is 23.9 Å². The first kappa shape index (κ1) is 13.0. The third-order valence-electron chi connectivity index (χ3n) is 2.73. The van der Waals surface area contributed by atoms with Crippen molar-refractivity contribution >= 4 is 12.0 Å². The highest BCUT2D eigenvalue weighted by atomic mass is 16.5. The largest absolute Gasteiger partial charge is 0.462 e. The van der Waals surface area contributed by atoms with E-state index < -0.39 is 5.97 Å². The molecule has 0 bridgehead atoms. The molecule has 0 atom stereocenters. The summed E-state index contributed by atoms with van der Waals surface area (Å²) < 4.78 is 6.81. The van der Waals surface area contributed by atoms with E-state index in [0.717, 1.165) is 17.0 Å². The lowest BCUT2D eigenvalue weighted by Gasteiger charge is -2.01. The second kappa shape index (κ2) is 5.35. The van der Waals surface area contributed by atoms with Gasteiger partial charge < -0.3 is 9.30 Å². The van der Waals surface area contributed by atoms with E-state index >= 15 is 0 Å². The summed E-state index contributed by atoms with van der Waals surface area (Å²) in [5.74, 6) is -0.573. The van der Waals surface area contributed by atoms with E-state index in [1.807, 2.05) is 37.6 Å². The van der Waals surface area contributed by atoms with Crippen LogP contribution in [-0.4, -0.2) is 17.1 Å². The molecule has 90 valence electrons. The van der Waals surface area contributed by atoms with Crippen LogP contribution in [-0.2, 0) is 16.6 Å². The van der Waals surface area contributed by atoms with Crippen LogP contribution in [0.3, 0.4) is 0 Å². The monoisotopic (exact) mass is 232 g/mol. The van der Waals surface area contributed by atoms with Gasteiger partial charge in [-0.05, 0) is 38.5 Å². The highest BCUT2D eigenvalue weighted by molar-refractivity contribution is 5.98. The van der Waals surface area contributed by atoms with Crippen LogP contribution < -0.4 is 0 Å². The predicted molar refractivity (Wildman–Crippen MR) is 65.1 cm³/mol. The Morgan fingerprint density at radius 2 is 2.24 bits per heavy atom. The fourth-order valence-corrected chi connectivity index (χ4v) is 1.53.